The molecule has 1 rings (SSSR count). The molecule has 0 radical (unpaired) electrons. The van der Waals surface area contributed by atoms with Gasteiger partial charge in [0.1, 0.15) is 0 Å². The molecule has 0 bridgehead atoms. The van der Waals surface area contributed by atoms with Gasteiger partial charge in [-0.1, -0.05) is 38.1 Å². The highest BCUT2D eigenvalue weighted by Gasteiger charge is 2.14. The van der Waals surface area contributed by atoms with Crippen LogP contribution >= 0.6 is 0 Å². The van der Waals surface area contributed by atoms with Gasteiger partial charge in [-0.25, -0.2) is 0 Å². The maximum Gasteiger partial charge on any atom is 0.0706 e. The first-order valence-corrected chi connectivity index (χ1v) is 6.05. The van der Waals surface area contributed by atoms with Crippen molar-refractivity contribution in [2.75, 3.05) is 7.05 Å². The van der Waals surface area contributed by atoms with Crippen LogP contribution in [0.1, 0.15) is 50.3 Å². The van der Waals surface area contributed by atoms with Crippen LogP contribution < -0.4 is 5.32 Å². The zero-order valence-electron chi connectivity index (χ0n) is 10.7. The molecule has 2 heteroatoms. The standard InChI is InChI=1S/C14H23NO/c1-5-10(2)12-6-8-13(9-7-12)14(15-4)11(3)16/h6-11,14-16H,5H2,1-4H3. The summed E-state index contributed by atoms with van der Waals surface area (Å²) in [5.41, 5.74) is 2.51. The Bertz CT molecular complexity index is 305. The average molecular weight is 221 g/mol. The fourth-order valence-corrected chi connectivity index (χ4v) is 1.95. The first-order valence-electron chi connectivity index (χ1n) is 6.05. The highest BCUT2D eigenvalue weighted by atomic mass is 16.3. The third kappa shape index (κ3) is 3.06. The van der Waals surface area contributed by atoms with Crippen LogP contribution in [0.2, 0.25) is 0 Å². The predicted octanol–water partition coefficient (Wildman–Crippen LogP) is 2.84. The Labute approximate surface area is 98.7 Å². The molecule has 0 aliphatic rings. The molecule has 0 aliphatic carbocycles. The lowest BCUT2D eigenvalue weighted by Crippen LogP contribution is -2.26. The van der Waals surface area contributed by atoms with Gasteiger partial charge in [0, 0.05) is 0 Å². The quantitative estimate of drug-likeness (QED) is 0.801. The van der Waals surface area contributed by atoms with Gasteiger partial charge >= 0.3 is 0 Å². The number of nitrogens with one attached hydrogen (secondary N) is 1. The number of aliphatic hydroxyl groups excluding tert-OH is 1. The third-order valence-corrected chi connectivity index (χ3v) is 3.27. The van der Waals surface area contributed by atoms with Gasteiger partial charge in [-0.3, -0.25) is 0 Å². The normalized spacial score (nSPS) is 16.8. The summed E-state index contributed by atoms with van der Waals surface area (Å²) < 4.78 is 0. The lowest BCUT2D eigenvalue weighted by Gasteiger charge is -2.20. The monoisotopic (exact) mass is 221 g/mol. The SMILES string of the molecule is CCC(C)c1ccc(C(NC)C(C)O)cc1. The number of benzene rings is 1. The van der Waals surface area contributed by atoms with Crippen molar-refractivity contribution >= 4 is 0 Å². The first kappa shape index (κ1) is 13.2. The van der Waals surface area contributed by atoms with E-state index in [2.05, 4.69) is 43.4 Å². The zero-order chi connectivity index (χ0) is 12.1. The second kappa shape index (κ2) is 6.02. The van der Waals surface area contributed by atoms with E-state index >= 15 is 0 Å². The van der Waals surface area contributed by atoms with Crippen molar-refractivity contribution < 1.29 is 5.11 Å². The molecule has 0 saturated carbocycles. The van der Waals surface area contributed by atoms with Crippen molar-refractivity contribution in [2.24, 2.45) is 0 Å². The minimum absolute atomic E-state index is 0.0194. The molecule has 0 spiro atoms. The Hall–Kier alpha value is -0.860. The molecule has 1 aromatic rings. The highest BCUT2D eigenvalue weighted by molar-refractivity contribution is 5.27. The molecule has 2 N–H and O–H groups in total. The van der Waals surface area contributed by atoms with Crippen LogP contribution in [-0.2, 0) is 0 Å². The average Bonchev–Trinajstić information content (AvgIpc) is 2.29. The van der Waals surface area contributed by atoms with Gasteiger partial charge in [0.15, 0.2) is 0 Å². The molecule has 3 atom stereocenters. The van der Waals surface area contributed by atoms with E-state index in [-0.39, 0.29) is 12.1 Å². The molecular weight excluding hydrogens is 198 g/mol. The molecule has 0 aliphatic heterocycles. The van der Waals surface area contributed by atoms with E-state index < -0.39 is 0 Å². The van der Waals surface area contributed by atoms with Gasteiger partial charge in [-0.15, -0.1) is 0 Å². The van der Waals surface area contributed by atoms with E-state index in [1.807, 2.05) is 14.0 Å². The molecule has 0 amide bonds. The molecule has 0 fully saturated rings. The van der Waals surface area contributed by atoms with E-state index in [0.717, 1.165) is 12.0 Å². The summed E-state index contributed by atoms with van der Waals surface area (Å²) in [6, 6.07) is 8.56. The van der Waals surface area contributed by atoms with Crippen molar-refractivity contribution in [3.63, 3.8) is 0 Å². The summed E-state index contributed by atoms with van der Waals surface area (Å²) in [6.07, 6.45) is 0.782. The Balaban J connectivity index is 2.85. The maximum atomic E-state index is 9.63. The minimum Gasteiger partial charge on any atom is -0.391 e. The van der Waals surface area contributed by atoms with Crippen molar-refractivity contribution in [1.29, 1.82) is 0 Å². The van der Waals surface area contributed by atoms with Crippen LogP contribution in [-0.4, -0.2) is 18.3 Å². The van der Waals surface area contributed by atoms with Crippen LogP contribution in [0.4, 0.5) is 0 Å². The van der Waals surface area contributed by atoms with E-state index in [1.54, 1.807) is 0 Å². The fourth-order valence-electron chi connectivity index (χ4n) is 1.95. The highest BCUT2D eigenvalue weighted by Crippen LogP contribution is 2.22. The number of likely N-dealkylation sites (N-methyl/N-ethyl adjacent to an activating group) is 1. The first-order chi connectivity index (χ1) is 7.60. The summed E-state index contributed by atoms with van der Waals surface area (Å²) >= 11 is 0. The summed E-state index contributed by atoms with van der Waals surface area (Å²) in [7, 11) is 1.87. The molecule has 2 nitrogen and oxygen atoms in total. The van der Waals surface area contributed by atoms with Crippen LogP contribution in [0, 0.1) is 0 Å². The smallest absolute Gasteiger partial charge is 0.0706 e. The zero-order valence-corrected chi connectivity index (χ0v) is 10.7. The molecular formula is C14H23NO. The Morgan fingerprint density at radius 1 is 1.12 bits per heavy atom. The number of rotatable bonds is 5. The van der Waals surface area contributed by atoms with Gasteiger partial charge in [0.25, 0.3) is 0 Å². The summed E-state index contributed by atoms with van der Waals surface area (Å²) in [6.45, 7) is 6.24. The van der Waals surface area contributed by atoms with Gasteiger partial charge in [-0.05, 0) is 37.4 Å². The summed E-state index contributed by atoms with van der Waals surface area (Å²) in [4.78, 5) is 0. The van der Waals surface area contributed by atoms with E-state index in [1.165, 1.54) is 5.56 Å². The van der Waals surface area contributed by atoms with Gasteiger partial charge in [0.2, 0.25) is 0 Å². The molecule has 0 aromatic heterocycles. The molecule has 0 saturated heterocycles. The molecule has 3 unspecified atom stereocenters. The minimum atomic E-state index is -0.376. The van der Waals surface area contributed by atoms with Gasteiger partial charge < -0.3 is 10.4 Å². The maximum absolute atomic E-state index is 9.63. The second-order valence-corrected chi connectivity index (χ2v) is 4.48. The Morgan fingerprint density at radius 3 is 2.00 bits per heavy atom. The summed E-state index contributed by atoms with van der Waals surface area (Å²) in [5.74, 6) is 0.605. The predicted molar refractivity (Wildman–Crippen MR) is 68.6 cm³/mol. The van der Waals surface area contributed by atoms with E-state index in [0.29, 0.717) is 5.92 Å². The molecule has 16 heavy (non-hydrogen) atoms. The lowest BCUT2D eigenvalue weighted by atomic mass is 9.95. The lowest BCUT2D eigenvalue weighted by molar-refractivity contribution is 0.150. The van der Waals surface area contributed by atoms with E-state index in [4.69, 9.17) is 0 Å². The van der Waals surface area contributed by atoms with Crippen LogP contribution in [0.15, 0.2) is 24.3 Å². The van der Waals surface area contributed by atoms with Gasteiger partial charge in [-0.2, -0.15) is 0 Å². The second-order valence-electron chi connectivity index (χ2n) is 4.48. The van der Waals surface area contributed by atoms with E-state index in [9.17, 15) is 5.11 Å². The fraction of sp³-hybridized carbons (Fsp3) is 0.571. The van der Waals surface area contributed by atoms with Crippen LogP contribution in [0.25, 0.3) is 0 Å². The van der Waals surface area contributed by atoms with Crippen molar-refractivity contribution in [1.82, 2.24) is 5.32 Å². The number of hydrogen-bond donors (Lipinski definition) is 2. The topological polar surface area (TPSA) is 32.3 Å². The Morgan fingerprint density at radius 2 is 1.62 bits per heavy atom. The largest absolute Gasteiger partial charge is 0.391 e. The van der Waals surface area contributed by atoms with Crippen LogP contribution in [0.5, 0.6) is 0 Å². The molecule has 1 aromatic carbocycles. The number of aliphatic hydroxyl groups is 1. The summed E-state index contributed by atoms with van der Waals surface area (Å²) in [5, 5.41) is 12.8. The number of hydrogen-bond acceptors (Lipinski definition) is 2. The Kier molecular flexibility index (Phi) is 4.97. The molecule has 0 heterocycles. The third-order valence-electron chi connectivity index (χ3n) is 3.27. The van der Waals surface area contributed by atoms with Crippen LogP contribution in [0.3, 0.4) is 0 Å². The van der Waals surface area contributed by atoms with Crippen molar-refractivity contribution in [3.05, 3.63) is 35.4 Å². The van der Waals surface area contributed by atoms with Crippen molar-refractivity contribution in [3.8, 4) is 0 Å². The molecule has 90 valence electrons. The van der Waals surface area contributed by atoms with Crippen molar-refractivity contribution in [2.45, 2.75) is 45.3 Å². The van der Waals surface area contributed by atoms with Gasteiger partial charge in [0.05, 0.1) is 12.1 Å².